The molecule has 1 amide bonds. The van der Waals surface area contributed by atoms with E-state index in [4.69, 9.17) is 33.3 Å². The molecule has 0 aliphatic carbocycles. The van der Waals surface area contributed by atoms with Crippen molar-refractivity contribution >= 4 is 35.1 Å². The largest absolute Gasteiger partial charge is 0.465 e. The molecule has 0 bridgehead atoms. The number of carboxylic acid groups (broad SMARTS) is 1. The number of hydrogen-bond donors (Lipinski definition) is 3. The van der Waals surface area contributed by atoms with Crippen molar-refractivity contribution in [3.63, 3.8) is 0 Å². The van der Waals surface area contributed by atoms with Crippen molar-refractivity contribution in [1.29, 1.82) is 0 Å². The number of amides is 1. The summed E-state index contributed by atoms with van der Waals surface area (Å²) in [5, 5.41) is 23.0. The molecule has 1 aromatic carbocycles. The molecule has 1 atom stereocenters. The van der Waals surface area contributed by atoms with Crippen molar-refractivity contribution in [1.82, 2.24) is 44.7 Å². The number of halogens is 2. The quantitative estimate of drug-likeness (QED) is 0.295. The Labute approximate surface area is 223 Å². The molecule has 1 aliphatic heterocycles. The first kappa shape index (κ1) is 23.8. The van der Waals surface area contributed by atoms with Crippen LogP contribution in [0, 0.1) is 0 Å². The average molecular weight is 551 g/mol. The third kappa shape index (κ3) is 4.27. The van der Waals surface area contributed by atoms with Gasteiger partial charge in [-0.25, -0.2) is 19.7 Å². The van der Waals surface area contributed by atoms with Crippen LogP contribution in [0.5, 0.6) is 0 Å². The number of benzene rings is 1. The number of rotatable bonds is 5. The minimum atomic E-state index is -1.21. The van der Waals surface area contributed by atoms with Crippen LogP contribution in [0.3, 0.4) is 0 Å². The van der Waals surface area contributed by atoms with E-state index in [1.54, 1.807) is 28.8 Å². The number of fused-ring (bicyclic) bond motifs is 1. The molecule has 0 radical (unpaired) electrons. The molecule has 0 spiro atoms. The van der Waals surface area contributed by atoms with Gasteiger partial charge < -0.3 is 10.1 Å². The number of aromatic nitrogens is 9. The van der Waals surface area contributed by atoms with Gasteiger partial charge in [-0.05, 0) is 47.2 Å². The summed E-state index contributed by atoms with van der Waals surface area (Å²) in [4.78, 5) is 40.7. The van der Waals surface area contributed by atoms with Gasteiger partial charge in [0.15, 0.2) is 5.15 Å². The van der Waals surface area contributed by atoms with Crippen LogP contribution in [0.4, 0.5) is 10.6 Å². The van der Waals surface area contributed by atoms with Crippen molar-refractivity contribution < 1.29 is 9.90 Å². The first-order valence-corrected chi connectivity index (χ1v) is 12.0. The molecular formula is C23H16Cl2N10O3. The van der Waals surface area contributed by atoms with E-state index in [2.05, 4.69) is 35.8 Å². The maximum Gasteiger partial charge on any atom is 0.410 e. The Balaban J connectivity index is 1.35. The lowest BCUT2D eigenvalue weighted by atomic mass is 10.1. The first-order chi connectivity index (χ1) is 18.4. The highest BCUT2D eigenvalue weighted by Crippen LogP contribution is 2.34. The first-order valence-electron chi connectivity index (χ1n) is 11.2. The van der Waals surface area contributed by atoms with Gasteiger partial charge in [0, 0.05) is 34.8 Å². The standard InChI is InChI=1S/C23H16Cl2N10O3/c24-12-2-3-15(34-10-27-32-33-34)13(7-12)14-8-19(36)35-16(4-6-18(35)28-14)22-30-20(21(25)31-22)11-1-5-17(26-9-11)29-23(37)38/h1-3,5,7-10,16H,4,6H2,(H,26,29)(H,30,31)(H,37,38)/t16-/m0/s1. The van der Waals surface area contributed by atoms with Crippen LogP contribution in [0.25, 0.3) is 28.2 Å². The molecule has 5 aromatic rings. The number of tetrazole rings is 1. The van der Waals surface area contributed by atoms with E-state index in [-0.39, 0.29) is 16.5 Å². The fourth-order valence-corrected chi connectivity index (χ4v) is 4.89. The lowest BCUT2D eigenvalue weighted by Crippen LogP contribution is -2.25. The number of imidazole rings is 1. The summed E-state index contributed by atoms with van der Waals surface area (Å²) in [5.74, 6) is 1.28. The normalized spacial score (nSPS) is 14.4. The average Bonchev–Trinajstić information content (AvgIpc) is 3.64. The van der Waals surface area contributed by atoms with Gasteiger partial charge in [-0.3, -0.25) is 14.7 Å². The highest BCUT2D eigenvalue weighted by molar-refractivity contribution is 6.32. The van der Waals surface area contributed by atoms with Crippen molar-refractivity contribution in [2.45, 2.75) is 18.9 Å². The predicted octanol–water partition coefficient (Wildman–Crippen LogP) is 3.60. The van der Waals surface area contributed by atoms with Gasteiger partial charge in [-0.2, -0.15) is 4.68 Å². The fraction of sp³-hybridized carbons (Fsp3) is 0.130. The minimum Gasteiger partial charge on any atom is -0.465 e. The van der Waals surface area contributed by atoms with Gasteiger partial charge in [-0.15, -0.1) is 5.10 Å². The second-order valence-corrected chi connectivity index (χ2v) is 9.18. The number of anilines is 1. The SMILES string of the molecule is O=C(O)Nc1ccc(-c2[nH]c([C@@H]3CCc4nc(-c5cc(Cl)ccc5-n5cnnn5)cc(=O)n43)nc2Cl)cn1. The number of aryl methyl sites for hydroxylation is 1. The zero-order chi connectivity index (χ0) is 26.4. The zero-order valence-corrected chi connectivity index (χ0v) is 20.7. The molecule has 6 rings (SSSR count). The fourth-order valence-electron chi connectivity index (χ4n) is 4.47. The molecule has 13 nitrogen and oxygen atoms in total. The van der Waals surface area contributed by atoms with Gasteiger partial charge in [0.25, 0.3) is 5.56 Å². The number of nitrogens with one attached hydrogen (secondary N) is 2. The van der Waals surface area contributed by atoms with Crippen molar-refractivity contribution in [3.05, 3.63) is 81.1 Å². The summed E-state index contributed by atoms with van der Waals surface area (Å²) in [7, 11) is 0. The molecule has 4 aromatic heterocycles. The van der Waals surface area contributed by atoms with E-state index in [1.165, 1.54) is 29.3 Å². The van der Waals surface area contributed by atoms with Gasteiger partial charge in [0.05, 0.1) is 23.1 Å². The van der Waals surface area contributed by atoms with Crippen LogP contribution in [-0.2, 0) is 6.42 Å². The minimum absolute atomic E-state index is 0.179. The van der Waals surface area contributed by atoms with Crippen LogP contribution >= 0.6 is 23.2 Å². The Kier molecular flexibility index (Phi) is 5.85. The van der Waals surface area contributed by atoms with E-state index < -0.39 is 12.1 Å². The third-order valence-corrected chi connectivity index (χ3v) is 6.60. The molecule has 0 saturated carbocycles. The Bertz CT molecular complexity index is 1730. The number of pyridine rings is 1. The predicted molar refractivity (Wildman–Crippen MR) is 137 cm³/mol. The number of hydrogen-bond acceptors (Lipinski definition) is 8. The van der Waals surface area contributed by atoms with Crippen LogP contribution < -0.4 is 10.9 Å². The van der Waals surface area contributed by atoms with Crippen LogP contribution in [0.1, 0.15) is 24.1 Å². The second kappa shape index (κ2) is 9.36. The zero-order valence-electron chi connectivity index (χ0n) is 19.2. The monoisotopic (exact) mass is 550 g/mol. The Morgan fingerprint density at radius 3 is 2.76 bits per heavy atom. The van der Waals surface area contributed by atoms with Gasteiger partial charge in [0.1, 0.15) is 23.8 Å². The molecule has 38 heavy (non-hydrogen) atoms. The molecule has 0 unspecified atom stereocenters. The maximum atomic E-state index is 13.4. The van der Waals surface area contributed by atoms with Crippen molar-refractivity contribution in [3.8, 4) is 28.2 Å². The second-order valence-electron chi connectivity index (χ2n) is 8.39. The van der Waals surface area contributed by atoms with Gasteiger partial charge in [-0.1, -0.05) is 23.2 Å². The van der Waals surface area contributed by atoms with E-state index in [1.807, 2.05) is 0 Å². The summed E-state index contributed by atoms with van der Waals surface area (Å²) in [5.41, 5.74) is 2.56. The van der Waals surface area contributed by atoms with E-state index in [0.717, 1.165) is 0 Å². The maximum absolute atomic E-state index is 13.4. The van der Waals surface area contributed by atoms with Crippen LogP contribution in [0.15, 0.2) is 53.7 Å². The highest BCUT2D eigenvalue weighted by Gasteiger charge is 2.30. The molecule has 3 N–H and O–H groups in total. The number of nitrogens with zero attached hydrogens (tertiary/aromatic N) is 8. The molecule has 0 fully saturated rings. The number of aromatic amines is 1. The van der Waals surface area contributed by atoms with Crippen LogP contribution in [0.2, 0.25) is 10.2 Å². The smallest absolute Gasteiger partial charge is 0.410 e. The Morgan fingerprint density at radius 1 is 1.16 bits per heavy atom. The number of H-pyrrole nitrogens is 1. The summed E-state index contributed by atoms with van der Waals surface area (Å²) < 4.78 is 3.08. The summed E-state index contributed by atoms with van der Waals surface area (Å²) >= 11 is 12.7. The summed E-state index contributed by atoms with van der Waals surface area (Å²) in [6.07, 6.45) is 2.84. The molecule has 1 aliphatic rings. The van der Waals surface area contributed by atoms with Gasteiger partial charge in [0.2, 0.25) is 0 Å². The third-order valence-electron chi connectivity index (χ3n) is 6.09. The Hall–Kier alpha value is -4.62. The highest BCUT2D eigenvalue weighted by atomic mass is 35.5. The Morgan fingerprint density at radius 2 is 2.03 bits per heavy atom. The van der Waals surface area contributed by atoms with E-state index >= 15 is 0 Å². The van der Waals surface area contributed by atoms with E-state index in [9.17, 15) is 9.59 Å². The lowest BCUT2D eigenvalue weighted by Gasteiger charge is -2.14. The van der Waals surface area contributed by atoms with E-state index in [0.29, 0.717) is 57.7 Å². The lowest BCUT2D eigenvalue weighted by molar-refractivity contribution is 0.209. The molecule has 5 heterocycles. The molecule has 190 valence electrons. The summed E-state index contributed by atoms with van der Waals surface area (Å²) in [6.45, 7) is 0. The number of carbonyl (C=O) groups is 1. The molecule has 0 saturated heterocycles. The summed E-state index contributed by atoms with van der Waals surface area (Å²) in [6, 6.07) is 9.41. The van der Waals surface area contributed by atoms with Gasteiger partial charge >= 0.3 is 6.09 Å². The van der Waals surface area contributed by atoms with Crippen molar-refractivity contribution in [2.24, 2.45) is 0 Å². The van der Waals surface area contributed by atoms with Crippen molar-refractivity contribution in [2.75, 3.05) is 5.32 Å². The molecule has 15 heteroatoms. The van der Waals surface area contributed by atoms with Crippen LogP contribution in [-0.4, -0.2) is 55.9 Å². The molecular weight excluding hydrogens is 535 g/mol. The topological polar surface area (TPSA) is 169 Å².